The Hall–Kier alpha value is -2.96. The number of piperidine rings is 1. The van der Waals surface area contributed by atoms with Crippen LogP contribution in [0, 0.1) is 11.8 Å². The summed E-state index contributed by atoms with van der Waals surface area (Å²) in [5.41, 5.74) is 11.7. The molecule has 1 aliphatic carbocycles. The van der Waals surface area contributed by atoms with Crippen LogP contribution in [0.25, 0.3) is 0 Å². The Bertz CT molecular complexity index is 1470. The van der Waals surface area contributed by atoms with E-state index < -0.39 is 0 Å². The Morgan fingerprint density at radius 2 is 1.48 bits per heavy atom. The molecule has 2 N–H and O–H groups in total. The van der Waals surface area contributed by atoms with Crippen LogP contribution in [0.1, 0.15) is 104 Å². The van der Waals surface area contributed by atoms with E-state index >= 15 is 0 Å². The lowest BCUT2D eigenvalue weighted by atomic mass is 9.74. The fourth-order valence-electron chi connectivity index (χ4n) is 8.03. The third-order valence-corrected chi connectivity index (χ3v) is 10.6. The summed E-state index contributed by atoms with van der Waals surface area (Å²) in [6.45, 7) is 2.22. The van der Waals surface area contributed by atoms with Gasteiger partial charge in [0.25, 0.3) is 0 Å². The van der Waals surface area contributed by atoms with E-state index in [1.54, 1.807) is 0 Å². The van der Waals surface area contributed by atoms with Crippen LogP contribution in [-0.2, 0) is 12.8 Å². The first kappa shape index (κ1) is 33.0. The molecule has 2 aliphatic rings. The number of halogens is 1. The molecule has 0 amide bonds. The fourth-order valence-corrected chi connectivity index (χ4v) is 8.16. The molecule has 0 radical (unpaired) electrons. The lowest BCUT2D eigenvalue weighted by Gasteiger charge is -2.40. The maximum Gasteiger partial charge on any atom is 0.212 e. The van der Waals surface area contributed by atoms with E-state index in [1.165, 1.54) is 61.6 Å². The van der Waals surface area contributed by atoms with Gasteiger partial charge in [0.05, 0.1) is 17.8 Å². The number of oxazole rings is 1. The van der Waals surface area contributed by atoms with Gasteiger partial charge in [-0.25, -0.2) is 4.98 Å². The monoisotopic (exact) mass is 638 g/mol. The summed E-state index contributed by atoms with van der Waals surface area (Å²) in [6, 6.07) is 30.0. The van der Waals surface area contributed by atoms with E-state index in [0.717, 1.165) is 54.7 Å². The molecule has 2 fully saturated rings. The highest BCUT2D eigenvalue weighted by molar-refractivity contribution is 6.30. The van der Waals surface area contributed by atoms with E-state index in [9.17, 15) is 0 Å². The van der Waals surface area contributed by atoms with Crippen molar-refractivity contribution >= 4 is 11.6 Å². The van der Waals surface area contributed by atoms with Gasteiger partial charge < -0.3 is 15.1 Å². The number of rotatable bonds is 12. The predicted molar refractivity (Wildman–Crippen MR) is 189 cm³/mol. The molecule has 6 heteroatoms. The number of hydrogen-bond donors (Lipinski definition) is 1. The molecule has 5 nitrogen and oxygen atoms in total. The third kappa shape index (κ3) is 8.30. The topological polar surface area (TPSA) is 58.5 Å². The average molecular weight is 639 g/mol. The molecule has 2 heterocycles. The van der Waals surface area contributed by atoms with Gasteiger partial charge in [-0.3, -0.25) is 4.90 Å². The molecule has 1 saturated carbocycles. The molecule has 3 unspecified atom stereocenters. The van der Waals surface area contributed by atoms with Gasteiger partial charge in [-0.05, 0) is 106 Å². The van der Waals surface area contributed by atoms with Crippen LogP contribution < -0.4 is 5.73 Å². The number of nitrogens with zero attached hydrogens (tertiary/aromatic N) is 3. The van der Waals surface area contributed by atoms with Crippen LogP contribution in [-0.4, -0.2) is 42.0 Å². The summed E-state index contributed by atoms with van der Waals surface area (Å²) in [6.07, 6.45) is 11.3. The van der Waals surface area contributed by atoms with Crippen molar-refractivity contribution in [2.24, 2.45) is 17.6 Å². The number of benzene rings is 3. The van der Waals surface area contributed by atoms with Crippen LogP contribution in [0.4, 0.5) is 0 Å². The Morgan fingerprint density at radius 3 is 2.11 bits per heavy atom. The smallest absolute Gasteiger partial charge is 0.212 e. The van der Waals surface area contributed by atoms with Crippen molar-refractivity contribution in [1.82, 2.24) is 14.8 Å². The van der Waals surface area contributed by atoms with E-state index in [-0.39, 0.29) is 12.1 Å². The molecule has 3 aromatic carbocycles. The molecular weight excluding hydrogens is 588 g/mol. The lowest BCUT2D eigenvalue weighted by Crippen LogP contribution is -2.36. The second-order valence-corrected chi connectivity index (χ2v) is 14.3. The third-order valence-electron chi connectivity index (χ3n) is 10.4. The zero-order chi connectivity index (χ0) is 31.9. The maximum atomic E-state index is 6.92. The van der Waals surface area contributed by atoms with Crippen molar-refractivity contribution in [2.75, 3.05) is 27.2 Å². The number of aromatic nitrogens is 1. The van der Waals surface area contributed by atoms with Crippen LogP contribution in [0.2, 0.25) is 5.02 Å². The van der Waals surface area contributed by atoms with Crippen LogP contribution >= 0.6 is 11.6 Å². The molecule has 46 heavy (non-hydrogen) atoms. The van der Waals surface area contributed by atoms with E-state index in [0.29, 0.717) is 17.9 Å². The summed E-state index contributed by atoms with van der Waals surface area (Å²) in [4.78, 5) is 10.4. The predicted octanol–water partition coefficient (Wildman–Crippen LogP) is 9.19. The second-order valence-electron chi connectivity index (χ2n) is 13.9. The largest absolute Gasteiger partial charge is 0.442 e. The van der Waals surface area contributed by atoms with E-state index in [4.69, 9.17) is 26.7 Å². The summed E-state index contributed by atoms with van der Waals surface area (Å²) < 4.78 is 6.84. The zero-order valence-corrected chi connectivity index (χ0v) is 28.4. The normalized spacial score (nSPS) is 21.2. The van der Waals surface area contributed by atoms with Crippen LogP contribution in [0.15, 0.2) is 89.3 Å². The summed E-state index contributed by atoms with van der Waals surface area (Å²) in [5.74, 6) is 3.02. The second kappa shape index (κ2) is 15.8. The quantitative estimate of drug-likeness (QED) is 0.168. The number of likely N-dealkylation sites (tertiary alicyclic amines) is 1. The Balaban J connectivity index is 1.23. The Kier molecular flexibility index (Phi) is 11.3. The summed E-state index contributed by atoms with van der Waals surface area (Å²) in [5, 5.41) is 0.802. The van der Waals surface area contributed by atoms with Crippen LogP contribution in [0.3, 0.4) is 0 Å². The molecule has 3 atom stereocenters. The molecular formula is C40H51ClN4O. The van der Waals surface area contributed by atoms with Crippen molar-refractivity contribution in [2.45, 2.75) is 82.3 Å². The first-order valence-electron chi connectivity index (χ1n) is 17.4. The lowest BCUT2D eigenvalue weighted by molar-refractivity contribution is 0.0932. The minimum Gasteiger partial charge on any atom is -0.442 e. The SMILES string of the molecule is CN(C)C(c1ccc(Cl)cc1)C1CCC(CC(c2nc(Cc3ccccc3)c(C(N)Cc3ccccc3)o2)N2CCCCC2)CC1. The van der Waals surface area contributed by atoms with Gasteiger partial charge in [0.15, 0.2) is 0 Å². The highest BCUT2D eigenvalue weighted by Gasteiger charge is 2.35. The highest BCUT2D eigenvalue weighted by atomic mass is 35.5. The Morgan fingerprint density at radius 1 is 0.848 bits per heavy atom. The summed E-state index contributed by atoms with van der Waals surface area (Å²) >= 11 is 6.23. The van der Waals surface area contributed by atoms with Gasteiger partial charge in [0, 0.05) is 17.5 Å². The summed E-state index contributed by atoms with van der Waals surface area (Å²) in [7, 11) is 4.43. The fraction of sp³-hybridized carbons (Fsp3) is 0.475. The van der Waals surface area contributed by atoms with Gasteiger partial charge in [0.2, 0.25) is 5.89 Å². The van der Waals surface area contributed by atoms with Gasteiger partial charge in [-0.2, -0.15) is 0 Å². The molecule has 6 rings (SSSR count). The molecule has 1 aliphatic heterocycles. The molecule has 1 saturated heterocycles. The minimum atomic E-state index is -0.240. The zero-order valence-electron chi connectivity index (χ0n) is 27.7. The maximum absolute atomic E-state index is 6.92. The molecule has 4 aromatic rings. The molecule has 1 aromatic heterocycles. The number of nitrogens with two attached hydrogens (primary N) is 1. The molecule has 0 bridgehead atoms. The van der Waals surface area contributed by atoms with Crippen molar-refractivity contribution in [3.05, 3.63) is 124 Å². The van der Waals surface area contributed by atoms with Gasteiger partial charge in [0.1, 0.15) is 5.76 Å². The van der Waals surface area contributed by atoms with Crippen molar-refractivity contribution in [3.63, 3.8) is 0 Å². The van der Waals surface area contributed by atoms with Gasteiger partial charge in [-0.1, -0.05) is 104 Å². The molecule has 244 valence electrons. The minimum absolute atomic E-state index is 0.190. The van der Waals surface area contributed by atoms with E-state index in [1.807, 2.05) is 12.1 Å². The van der Waals surface area contributed by atoms with E-state index in [2.05, 4.69) is 96.7 Å². The van der Waals surface area contributed by atoms with Gasteiger partial charge >= 0.3 is 0 Å². The van der Waals surface area contributed by atoms with Gasteiger partial charge in [-0.15, -0.1) is 0 Å². The van der Waals surface area contributed by atoms with Crippen molar-refractivity contribution in [3.8, 4) is 0 Å². The van der Waals surface area contributed by atoms with Crippen molar-refractivity contribution in [1.29, 1.82) is 0 Å². The highest BCUT2D eigenvalue weighted by Crippen LogP contribution is 2.43. The van der Waals surface area contributed by atoms with Crippen molar-refractivity contribution < 1.29 is 4.42 Å². The first-order chi connectivity index (χ1) is 22.4. The standard InChI is InChI=1S/C40H51ClN4O/c1-44(2)38(33-20-22-34(41)23-21-33)32-18-16-31(17-19-32)28-37(45-24-10-5-11-25-45)40-43-36(27-30-14-8-4-9-15-30)39(46-40)35(42)26-29-12-6-3-7-13-29/h3-4,6-9,12-15,20-23,31-32,35,37-38H,5,10-11,16-19,24-28,42H2,1-2H3. The first-order valence-corrected chi connectivity index (χ1v) is 17.8. The average Bonchev–Trinajstić information content (AvgIpc) is 3.50. The molecule has 0 spiro atoms. The Labute approximate surface area is 281 Å². The van der Waals surface area contributed by atoms with Crippen LogP contribution in [0.5, 0.6) is 0 Å². The number of hydrogen-bond acceptors (Lipinski definition) is 5.